The van der Waals surface area contributed by atoms with E-state index < -0.39 is 0 Å². The number of hydrogen-bond acceptors (Lipinski definition) is 6. The highest BCUT2D eigenvalue weighted by molar-refractivity contribution is 9.10. The zero-order valence-electron chi connectivity index (χ0n) is 17.4. The number of imidazole rings is 1. The minimum atomic E-state index is -0.244. The largest absolute Gasteiger partial charge is 0.371 e. The quantitative estimate of drug-likeness (QED) is 0.388. The highest BCUT2D eigenvalue weighted by Crippen LogP contribution is 2.28. The Morgan fingerprint density at radius 3 is 2.84 bits per heavy atom. The predicted octanol–water partition coefficient (Wildman–Crippen LogP) is 3.53. The van der Waals surface area contributed by atoms with E-state index in [4.69, 9.17) is 0 Å². The number of carbonyl (C=O) groups is 1. The van der Waals surface area contributed by atoms with Gasteiger partial charge < -0.3 is 15.2 Å². The van der Waals surface area contributed by atoms with Gasteiger partial charge in [0.15, 0.2) is 5.82 Å². The molecule has 5 rings (SSSR count). The van der Waals surface area contributed by atoms with Gasteiger partial charge in [-0.15, -0.1) is 5.10 Å². The second kappa shape index (κ2) is 9.07. The van der Waals surface area contributed by atoms with E-state index in [1.165, 1.54) is 0 Å². The maximum Gasteiger partial charge on any atom is 0.222 e. The van der Waals surface area contributed by atoms with Crippen molar-refractivity contribution in [1.82, 2.24) is 35.1 Å². The lowest BCUT2D eigenvalue weighted by Gasteiger charge is -2.21. The number of hydrogen-bond donors (Lipinski definition) is 2. The molecule has 1 saturated heterocycles. The van der Waals surface area contributed by atoms with Crippen LogP contribution < -0.4 is 5.32 Å². The highest BCUT2D eigenvalue weighted by atomic mass is 79.9. The Hall–Kier alpha value is -3.27. The first-order chi connectivity index (χ1) is 15.7. The second-order valence-electron chi connectivity index (χ2n) is 7.86. The Morgan fingerprint density at radius 1 is 1.16 bits per heavy atom. The molecule has 0 radical (unpaired) electrons. The summed E-state index contributed by atoms with van der Waals surface area (Å²) < 4.78 is 2.84. The van der Waals surface area contributed by atoms with Crippen LogP contribution in [0.5, 0.6) is 0 Å². The van der Waals surface area contributed by atoms with E-state index in [2.05, 4.69) is 58.9 Å². The molecule has 2 N–H and O–H groups in total. The lowest BCUT2D eigenvalue weighted by molar-refractivity contribution is -0.127. The molecule has 0 spiro atoms. The van der Waals surface area contributed by atoms with Gasteiger partial charge in [0.1, 0.15) is 6.04 Å². The standard InChI is InChI=1S/C22H23BrN8O/c23-16-6-4-15(5-7-16)21(26-17-8-9-18-19(13-17)25-14-24-18)22-27-28-29-31(22)12-2-11-30-10-1-3-20(30)32/h4-9,13-14,21,26H,1-3,10-12H2,(H,24,25). The van der Waals surface area contributed by atoms with Crippen LogP contribution in [0.4, 0.5) is 5.69 Å². The fraction of sp³-hybridized carbons (Fsp3) is 0.318. The predicted molar refractivity (Wildman–Crippen MR) is 124 cm³/mol. The van der Waals surface area contributed by atoms with Crippen LogP contribution in [0.2, 0.25) is 0 Å². The molecule has 2 aromatic heterocycles. The molecule has 1 unspecified atom stereocenters. The van der Waals surface area contributed by atoms with Crippen molar-refractivity contribution >= 4 is 38.6 Å². The number of aromatic amines is 1. The number of fused-ring (bicyclic) bond motifs is 1. The molecule has 1 aliphatic heterocycles. The number of aromatic nitrogens is 6. The molecule has 1 aliphatic rings. The molecule has 1 amide bonds. The van der Waals surface area contributed by atoms with Crippen LogP contribution in [0.1, 0.15) is 36.7 Å². The van der Waals surface area contributed by atoms with E-state index in [1.54, 1.807) is 6.33 Å². The Labute approximate surface area is 193 Å². The van der Waals surface area contributed by atoms with Crippen LogP contribution in [-0.2, 0) is 11.3 Å². The van der Waals surface area contributed by atoms with Gasteiger partial charge in [-0.1, -0.05) is 28.1 Å². The normalized spacial score (nSPS) is 14.9. The van der Waals surface area contributed by atoms with Crippen LogP contribution in [0, 0.1) is 0 Å². The molecule has 3 heterocycles. The van der Waals surface area contributed by atoms with Crippen molar-refractivity contribution in [2.45, 2.75) is 31.8 Å². The van der Waals surface area contributed by atoms with E-state index in [-0.39, 0.29) is 11.9 Å². The number of nitrogens with zero attached hydrogens (tertiary/aromatic N) is 6. The summed E-state index contributed by atoms with van der Waals surface area (Å²) >= 11 is 3.51. The number of carbonyl (C=O) groups excluding carboxylic acids is 1. The smallest absolute Gasteiger partial charge is 0.222 e. The summed E-state index contributed by atoms with van der Waals surface area (Å²) in [5.74, 6) is 0.968. The molecule has 9 nitrogen and oxygen atoms in total. The van der Waals surface area contributed by atoms with E-state index in [9.17, 15) is 4.79 Å². The fourth-order valence-electron chi connectivity index (χ4n) is 4.07. The van der Waals surface area contributed by atoms with Crippen molar-refractivity contribution in [3.8, 4) is 0 Å². The minimum absolute atomic E-state index is 0.241. The molecule has 1 fully saturated rings. The Kier molecular flexibility index (Phi) is 5.85. The van der Waals surface area contributed by atoms with Crippen LogP contribution >= 0.6 is 15.9 Å². The summed E-state index contributed by atoms with van der Waals surface area (Å²) in [6.45, 7) is 2.21. The van der Waals surface area contributed by atoms with Crippen molar-refractivity contribution < 1.29 is 4.79 Å². The van der Waals surface area contributed by atoms with Gasteiger partial charge >= 0.3 is 0 Å². The Balaban J connectivity index is 1.39. The van der Waals surface area contributed by atoms with Gasteiger partial charge in [0.2, 0.25) is 5.91 Å². The Morgan fingerprint density at radius 2 is 2.03 bits per heavy atom. The van der Waals surface area contributed by atoms with Crippen molar-refractivity contribution in [1.29, 1.82) is 0 Å². The summed E-state index contributed by atoms with van der Waals surface area (Å²) in [6, 6.07) is 13.9. The first-order valence-corrected chi connectivity index (χ1v) is 11.5. The molecule has 32 heavy (non-hydrogen) atoms. The zero-order chi connectivity index (χ0) is 21.9. The molecule has 0 saturated carbocycles. The van der Waals surface area contributed by atoms with Crippen LogP contribution in [0.3, 0.4) is 0 Å². The van der Waals surface area contributed by atoms with Crippen molar-refractivity contribution in [3.63, 3.8) is 0 Å². The lowest BCUT2D eigenvalue weighted by atomic mass is 10.1. The molecule has 1 atom stereocenters. The van der Waals surface area contributed by atoms with Gasteiger partial charge in [-0.2, -0.15) is 0 Å². The highest BCUT2D eigenvalue weighted by Gasteiger charge is 2.23. The first-order valence-electron chi connectivity index (χ1n) is 10.7. The third kappa shape index (κ3) is 4.36. The van der Waals surface area contributed by atoms with Crippen molar-refractivity contribution in [2.75, 3.05) is 18.4 Å². The average Bonchev–Trinajstić information content (AvgIpc) is 3.54. The average molecular weight is 495 g/mol. The topological polar surface area (TPSA) is 105 Å². The number of rotatable bonds is 8. The zero-order valence-corrected chi connectivity index (χ0v) is 19.0. The molecule has 4 aromatic rings. The monoisotopic (exact) mass is 494 g/mol. The number of amides is 1. The van der Waals surface area contributed by atoms with Crippen LogP contribution in [-0.4, -0.2) is 54.1 Å². The third-order valence-corrected chi connectivity index (χ3v) is 6.25. The number of halogens is 1. The van der Waals surface area contributed by atoms with Gasteiger partial charge in [-0.05, 0) is 59.2 Å². The molecule has 2 aromatic carbocycles. The molecular weight excluding hydrogens is 472 g/mol. The molecule has 0 aliphatic carbocycles. The lowest BCUT2D eigenvalue weighted by Crippen LogP contribution is -2.27. The summed E-state index contributed by atoms with van der Waals surface area (Å²) in [5, 5.41) is 16.1. The summed E-state index contributed by atoms with van der Waals surface area (Å²) in [5.41, 5.74) is 3.85. The van der Waals surface area contributed by atoms with Crippen LogP contribution in [0.15, 0.2) is 53.3 Å². The number of anilines is 1. The second-order valence-corrected chi connectivity index (χ2v) is 8.78. The fourth-order valence-corrected chi connectivity index (χ4v) is 4.34. The van der Waals surface area contributed by atoms with Crippen molar-refractivity contribution in [2.24, 2.45) is 0 Å². The number of nitrogens with one attached hydrogen (secondary N) is 2. The number of H-pyrrole nitrogens is 1. The van der Waals surface area contributed by atoms with Gasteiger partial charge in [0.05, 0.1) is 17.4 Å². The first kappa shape index (κ1) is 20.6. The summed E-state index contributed by atoms with van der Waals surface area (Å²) in [7, 11) is 0. The summed E-state index contributed by atoms with van der Waals surface area (Å²) in [6.07, 6.45) is 4.10. The van der Waals surface area contributed by atoms with E-state index in [0.717, 1.165) is 58.5 Å². The van der Waals surface area contributed by atoms with Gasteiger partial charge in [-0.3, -0.25) is 4.79 Å². The maximum atomic E-state index is 11.9. The maximum absolute atomic E-state index is 11.9. The van der Waals surface area contributed by atoms with E-state index in [0.29, 0.717) is 13.0 Å². The minimum Gasteiger partial charge on any atom is -0.371 e. The molecular formula is C22H23BrN8O. The van der Waals surface area contributed by atoms with E-state index in [1.807, 2.05) is 39.9 Å². The van der Waals surface area contributed by atoms with Crippen LogP contribution in [0.25, 0.3) is 11.0 Å². The van der Waals surface area contributed by atoms with Gasteiger partial charge in [0, 0.05) is 36.2 Å². The number of aryl methyl sites for hydroxylation is 1. The number of benzene rings is 2. The van der Waals surface area contributed by atoms with Gasteiger partial charge in [0.25, 0.3) is 0 Å². The third-order valence-electron chi connectivity index (χ3n) is 5.72. The van der Waals surface area contributed by atoms with Crippen molar-refractivity contribution in [3.05, 3.63) is 64.7 Å². The summed E-state index contributed by atoms with van der Waals surface area (Å²) in [4.78, 5) is 21.3. The Bertz CT molecular complexity index is 1220. The molecule has 10 heteroatoms. The molecule has 164 valence electrons. The molecule has 0 bridgehead atoms. The number of likely N-dealkylation sites (tertiary alicyclic amines) is 1. The SMILES string of the molecule is O=C1CCCN1CCCn1nnnc1C(Nc1ccc2nc[nH]c2c1)c1ccc(Br)cc1. The number of tetrazole rings is 1. The van der Waals surface area contributed by atoms with E-state index >= 15 is 0 Å². The van der Waals surface area contributed by atoms with Gasteiger partial charge in [-0.25, -0.2) is 9.67 Å².